The third-order valence-electron chi connectivity index (χ3n) is 3.83. The smallest absolute Gasteiger partial charge is 0.122 e. The van der Waals surface area contributed by atoms with Crippen LogP contribution in [0.5, 0.6) is 5.75 Å². The lowest BCUT2D eigenvalue weighted by atomic mass is 10.1. The lowest BCUT2D eigenvalue weighted by Gasteiger charge is -2.13. The molecule has 2 rings (SSSR count). The molecule has 1 fully saturated rings. The second kappa shape index (κ2) is 8.00. The number of likely N-dealkylation sites (tertiary alicyclic amines) is 1. The van der Waals surface area contributed by atoms with Crippen molar-refractivity contribution in [3.8, 4) is 5.75 Å². The van der Waals surface area contributed by atoms with Crippen molar-refractivity contribution in [2.45, 2.75) is 32.1 Å². The average Bonchev–Trinajstić information content (AvgIpc) is 2.94. The summed E-state index contributed by atoms with van der Waals surface area (Å²) in [5.41, 5.74) is 1.24. The first kappa shape index (κ1) is 14.1. The van der Waals surface area contributed by atoms with Gasteiger partial charge in [0.1, 0.15) is 5.75 Å². The Morgan fingerprint density at radius 3 is 2.74 bits per heavy atom. The Balaban J connectivity index is 1.65. The van der Waals surface area contributed by atoms with E-state index < -0.39 is 0 Å². The second-order valence-electron chi connectivity index (χ2n) is 5.36. The molecule has 0 bridgehead atoms. The first-order valence-corrected chi connectivity index (χ1v) is 7.55. The predicted molar refractivity (Wildman–Crippen MR) is 79.9 cm³/mol. The molecule has 0 saturated carbocycles. The molecule has 0 unspecified atom stereocenters. The minimum atomic E-state index is 0.835. The largest absolute Gasteiger partial charge is 0.493 e. The highest BCUT2D eigenvalue weighted by Crippen LogP contribution is 2.18. The minimum absolute atomic E-state index is 0.835. The molecule has 1 aromatic rings. The van der Waals surface area contributed by atoms with Gasteiger partial charge in [-0.05, 0) is 30.9 Å². The van der Waals surface area contributed by atoms with E-state index in [4.69, 9.17) is 4.74 Å². The number of ether oxygens (including phenoxy) is 1. The summed E-state index contributed by atoms with van der Waals surface area (Å²) in [6, 6.07) is 8.27. The van der Waals surface area contributed by atoms with Crippen molar-refractivity contribution in [1.29, 1.82) is 0 Å². The summed E-state index contributed by atoms with van der Waals surface area (Å²) < 4.78 is 5.90. The lowest BCUT2D eigenvalue weighted by Crippen LogP contribution is -3.09. The van der Waals surface area contributed by atoms with E-state index in [9.17, 15) is 0 Å². The first-order chi connectivity index (χ1) is 9.40. The Labute approximate surface area is 117 Å². The maximum absolute atomic E-state index is 5.90. The number of nitrogens with one attached hydrogen (secondary N) is 1. The molecule has 1 N–H and O–H groups in total. The summed E-state index contributed by atoms with van der Waals surface area (Å²) in [6.45, 7) is 8.70. The number of benzene rings is 1. The van der Waals surface area contributed by atoms with Crippen molar-refractivity contribution in [1.82, 2.24) is 0 Å². The van der Waals surface area contributed by atoms with E-state index in [2.05, 4.69) is 24.8 Å². The molecule has 0 aromatic heterocycles. The molecule has 1 saturated heterocycles. The molecule has 1 aliphatic heterocycles. The second-order valence-corrected chi connectivity index (χ2v) is 5.36. The Hall–Kier alpha value is -1.28. The van der Waals surface area contributed by atoms with E-state index >= 15 is 0 Å². The van der Waals surface area contributed by atoms with Crippen LogP contribution in [0.3, 0.4) is 0 Å². The van der Waals surface area contributed by atoms with E-state index in [0.29, 0.717) is 0 Å². The zero-order chi connectivity index (χ0) is 13.3. The molecule has 0 spiro atoms. The van der Waals surface area contributed by atoms with Crippen LogP contribution >= 0.6 is 0 Å². The van der Waals surface area contributed by atoms with Gasteiger partial charge in [-0.25, -0.2) is 0 Å². The highest BCUT2D eigenvalue weighted by atomic mass is 16.5. The van der Waals surface area contributed by atoms with Gasteiger partial charge in [0.25, 0.3) is 0 Å². The van der Waals surface area contributed by atoms with Gasteiger partial charge >= 0.3 is 0 Å². The Bertz CT molecular complexity index is 383. The SMILES string of the molecule is C=CCc1ccccc1OCCCC[NH+]1CCCC1. The number of hydrogen-bond acceptors (Lipinski definition) is 1. The molecule has 0 radical (unpaired) electrons. The van der Waals surface area contributed by atoms with Gasteiger partial charge in [0.05, 0.1) is 26.2 Å². The molecule has 1 aliphatic rings. The maximum Gasteiger partial charge on any atom is 0.122 e. The predicted octanol–water partition coefficient (Wildman–Crippen LogP) is 2.25. The van der Waals surface area contributed by atoms with Gasteiger partial charge in [0, 0.05) is 12.8 Å². The zero-order valence-corrected chi connectivity index (χ0v) is 11.9. The lowest BCUT2D eigenvalue weighted by molar-refractivity contribution is -0.887. The third-order valence-corrected chi connectivity index (χ3v) is 3.83. The van der Waals surface area contributed by atoms with Crippen molar-refractivity contribution in [3.05, 3.63) is 42.5 Å². The first-order valence-electron chi connectivity index (χ1n) is 7.55. The molecular weight excluding hydrogens is 234 g/mol. The van der Waals surface area contributed by atoms with Gasteiger partial charge in [-0.1, -0.05) is 24.3 Å². The fourth-order valence-electron chi connectivity index (χ4n) is 2.75. The van der Waals surface area contributed by atoms with Crippen molar-refractivity contribution < 1.29 is 9.64 Å². The number of para-hydroxylation sites is 1. The minimum Gasteiger partial charge on any atom is -0.493 e. The van der Waals surface area contributed by atoms with E-state index in [1.165, 1.54) is 44.5 Å². The Morgan fingerprint density at radius 1 is 1.16 bits per heavy atom. The summed E-state index contributed by atoms with van der Waals surface area (Å²) in [7, 11) is 0. The normalized spacial score (nSPS) is 15.6. The molecule has 0 aliphatic carbocycles. The summed E-state index contributed by atoms with van der Waals surface area (Å²) in [5.74, 6) is 1.02. The van der Waals surface area contributed by atoms with Gasteiger partial charge in [-0.2, -0.15) is 0 Å². The standard InChI is InChI=1S/C17H25NO/c1-2-9-16-10-3-4-11-17(16)19-15-8-7-14-18-12-5-6-13-18/h2-4,10-11H,1,5-9,12-15H2/p+1. The van der Waals surface area contributed by atoms with Gasteiger partial charge in [0.15, 0.2) is 0 Å². The van der Waals surface area contributed by atoms with Crippen LogP contribution in [0.25, 0.3) is 0 Å². The summed E-state index contributed by atoms with van der Waals surface area (Å²) in [5, 5.41) is 0. The Morgan fingerprint density at radius 2 is 1.95 bits per heavy atom. The number of hydrogen-bond donors (Lipinski definition) is 1. The molecule has 0 amide bonds. The number of allylic oxidation sites excluding steroid dienone is 1. The maximum atomic E-state index is 5.90. The summed E-state index contributed by atoms with van der Waals surface area (Å²) in [6.07, 6.45) is 8.08. The van der Waals surface area contributed by atoms with Crippen molar-refractivity contribution in [3.63, 3.8) is 0 Å². The fraction of sp³-hybridized carbons (Fsp3) is 0.529. The van der Waals surface area contributed by atoms with E-state index in [0.717, 1.165) is 25.2 Å². The quantitative estimate of drug-likeness (QED) is 0.559. The molecule has 0 atom stereocenters. The summed E-state index contributed by atoms with van der Waals surface area (Å²) in [4.78, 5) is 1.78. The van der Waals surface area contributed by atoms with E-state index in [1.54, 1.807) is 4.90 Å². The van der Waals surface area contributed by atoms with Crippen molar-refractivity contribution in [2.75, 3.05) is 26.2 Å². The van der Waals surface area contributed by atoms with Crippen LogP contribution < -0.4 is 9.64 Å². The van der Waals surface area contributed by atoms with Crippen molar-refractivity contribution >= 4 is 0 Å². The molecule has 2 nitrogen and oxygen atoms in total. The van der Waals surface area contributed by atoms with Crippen LogP contribution in [0.1, 0.15) is 31.2 Å². The van der Waals surface area contributed by atoms with Gasteiger partial charge in [0.2, 0.25) is 0 Å². The molecule has 19 heavy (non-hydrogen) atoms. The highest BCUT2D eigenvalue weighted by molar-refractivity contribution is 5.34. The van der Waals surface area contributed by atoms with E-state index in [1.807, 2.05) is 12.1 Å². The number of rotatable bonds is 8. The van der Waals surface area contributed by atoms with Crippen LogP contribution in [0.15, 0.2) is 36.9 Å². The van der Waals surface area contributed by atoms with Crippen LogP contribution in [-0.2, 0) is 6.42 Å². The van der Waals surface area contributed by atoms with Crippen molar-refractivity contribution in [2.24, 2.45) is 0 Å². The topological polar surface area (TPSA) is 13.7 Å². The molecule has 1 heterocycles. The van der Waals surface area contributed by atoms with Crippen LogP contribution in [-0.4, -0.2) is 26.2 Å². The molecule has 2 heteroatoms. The molecule has 104 valence electrons. The number of unbranched alkanes of at least 4 members (excludes halogenated alkanes) is 1. The van der Waals surface area contributed by atoms with Crippen LogP contribution in [0.2, 0.25) is 0 Å². The van der Waals surface area contributed by atoms with Gasteiger partial charge in [-0.3, -0.25) is 0 Å². The zero-order valence-electron chi connectivity index (χ0n) is 11.9. The van der Waals surface area contributed by atoms with Crippen LogP contribution in [0, 0.1) is 0 Å². The van der Waals surface area contributed by atoms with Gasteiger partial charge < -0.3 is 9.64 Å². The molecule has 1 aromatic carbocycles. The highest BCUT2D eigenvalue weighted by Gasteiger charge is 2.13. The molecular formula is C17H26NO+. The monoisotopic (exact) mass is 260 g/mol. The Kier molecular flexibility index (Phi) is 5.96. The third kappa shape index (κ3) is 4.71. The number of quaternary nitrogens is 1. The fourth-order valence-corrected chi connectivity index (χ4v) is 2.75. The average molecular weight is 260 g/mol. The van der Waals surface area contributed by atoms with Crippen LogP contribution in [0.4, 0.5) is 0 Å². The summed E-state index contributed by atoms with van der Waals surface area (Å²) >= 11 is 0. The van der Waals surface area contributed by atoms with E-state index in [-0.39, 0.29) is 0 Å². The van der Waals surface area contributed by atoms with Gasteiger partial charge in [-0.15, -0.1) is 6.58 Å².